The van der Waals surface area contributed by atoms with Crippen LogP contribution in [0.1, 0.15) is 181 Å². The second-order valence-electron chi connectivity index (χ2n) is 26.4. The van der Waals surface area contributed by atoms with Crippen LogP contribution in [0.5, 0.6) is 0 Å². The largest absolute Gasteiger partial charge is 0.396 e. The molecule has 0 aromatic heterocycles. The monoisotopic (exact) mass is 1400 g/mol. The summed E-state index contributed by atoms with van der Waals surface area (Å²) in [6, 6.07) is -2.44. The highest BCUT2D eigenvalue weighted by molar-refractivity contribution is 7.51. The van der Waals surface area contributed by atoms with Gasteiger partial charge >= 0.3 is 7.60 Å². The molecule has 3 fully saturated rings. The number of rotatable bonds is 50. The highest BCUT2D eigenvalue weighted by Gasteiger charge is 2.47. The summed E-state index contributed by atoms with van der Waals surface area (Å²) in [6.45, 7) is 5.67. The van der Waals surface area contributed by atoms with Gasteiger partial charge in [-0.25, -0.2) is 0 Å². The molecule has 558 valence electrons. The van der Waals surface area contributed by atoms with Gasteiger partial charge in [0, 0.05) is 143 Å². The summed E-state index contributed by atoms with van der Waals surface area (Å²) < 4.78 is 34.8. The van der Waals surface area contributed by atoms with E-state index in [0.717, 1.165) is 64.5 Å². The smallest absolute Gasteiger partial charge is 0.325 e. The van der Waals surface area contributed by atoms with Crippen molar-refractivity contribution in [3.8, 4) is 0 Å². The number of nitrogens with zero attached hydrogens (tertiary/aromatic N) is 2. The van der Waals surface area contributed by atoms with Crippen molar-refractivity contribution in [3.63, 3.8) is 0 Å². The van der Waals surface area contributed by atoms with Gasteiger partial charge < -0.3 is 111 Å². The third kappa shape index (κ3) is 33.4. The molecule has 0 aromatic rings. The molecule has 0 heterocycles. The maximum absolute atomic E-state index is 13.9. The molecule has 17 atom stereocenters. The van der Waals surface area contributed by atoms with Crippen molar-refractivity contribution in [3.05, 3.63) is 0 Å². The van der Waals surface area contributed by atoms with Crippen LogP contribution in [0, 0.1) is 17.8 Å². The minimum absolute atomic E-state index is 0.0848. The number of aliphatic hydroxyl groups is 10. The van der Waals surface area contributed by atoms with Gasteiger partial charge in [-0.15, -0.1) is 0 Å². The summed E-state index contributed by atoms with van der Waals surface area (Å²) in [4.78, 5) is 101. The molecule has 8 unspecified atom stereocenters. The van der Waals surface area contributed by atoms with Crippen LogP contribution in [0.25, 0.3) is 0 Å². The first-order chi connectivity index (χ1) is 45.7. The fourth-order valence-electron chi connectivity index (χ4n) is 12.8. The molecule has 7 amide bonds. The lowest BCUT2D eigenvalue weighted by Crippen LogP contribution is -2.61. The van der Waals surface area contributed by atoms with Crippen LogP contribution in [-0.2, 0) is 56.9 Å². The lowest BCUT2D eigenvalue weighted by Gasteiger charge is -2.42. The van der Waals surface area contributed by atoms with Gasteiger partial charge in [0.15, 0.2) is 6.10 Å². The van der Waals surface area contributed by atoms with Crippen LogP contribution in [0.3, 0.4) is 0 Å². The van der Waals surface area contributed by atoms with E-state index >= 15 is 0 Å². The van der Waals surface area contributed by atoms with Gasteiger partial charge in [0.2, 0.25) is 35.4 Å². The Morgan fingerprint density at radius 3 is 1.10 bits per heavy atom. The fourth-order valence-corrected chi connectivity index (χ4v) is 13.2. The third-order valence-corrected chi connectivity index (χ3v) is 18.9. The quantitative estimate of drug-likeness (QED) is 0.0270. The predicted octanol–water partition coefficient (Wildman–Crippen LogP) is -0.477. The summed E-state index contributed by atoms with van der Waals surface area (Å²) in [6.07, 6.45) is 3.42. The van der Waals surface area contributed by atoms with E-state index < -0.39 is 117 Å². The van der Waals surface area contributed by atoms with E-state index in [-0.39, 0.29) is 107 Å². The van der Waals surface area contributed by atoms with Gasteiger partial charge in [-0.1, -0.05) is 57.8 Å². The lowest BCUT2D eigenvalue weighted by atomic mass is 9.79. The van der Waals surface area contributed by atoms with E-state index in [1.807, 2.05) is 0 Å². The number of hydrogen-bond acceptors (Lipinski definition) is 22. The molecule has 31 heteroatoms. The maximum atomic E-state index is 13.9. The Labute approximate surface area is 566 Å². The van der Waals surface area contributed by atoms with Crippen molar-refractivity contribution >= 4 is 48.9 Å². The number of amides is 7. The van der Waals surface area contributed by atoms with E-state index in [9.17, 15) is 94.1 Å². The van der Waals surface area contributed by atoms with E-state index in [1.165, 1.54) is 25.7 Å². The molecule has 0 aromatic carbocycles. The normalized spacial score (nSPS) is 26.8. The Balaban J connectivity index is 1.49. The van der Waals surface area contributed by atoms with Crippen molar-refractivity contribution in [2.45, 2.75) is 260 Å². The second kappa shape index (κ2) is 47.9. The highest BCUT2D eigenvalue weighted by Crippen LogP contribution is 2.37. The molecule has 0 bridgehead atoms. The van der Waals surface area contributed by atoms with E-state index in [0.29, 0.717) is 110 Å². The van der Waals surface area contributed by atoms with Gasteiger partial charge in [0.1, 0.15) is 18.3 Å². The van der Waals surface area contributed by atoms with Crippen LogP contribution in [0.2, 0.25) is 0 Å². The average Bonchev–Trinajstić information content (AvgIpc) is 0.829. The summed E-state index contributed by atoms with van der Waals surface area (Å²) >= 11 is 0. The van der Waals surface area contributed by atoms with Crippen LogP contribution in [-0.4, -0.2) is 278 Å². The standard InChI is InChI=1S/C65H120N7O23P/c1-43(76)68-56-50(36-46(39-73)59(83)62(56)86)92-33-19-11-5-8-14-24-53(80)66-27-22-31-71(55(82)26-16-10-7-13-21-35-94-52-38-48(41-75)61(85)64(88)58(52)70-45(3)78)29-17-18-30-72(65(89)49(79)42-95-96(4,90)91)32-23-28-67-54(81)25-15-9-6-12-20-34-93-51-37-47(40-74)60(84)63(87)57(51)69-44(2)77/h46-52,56-64,73-75,79,83-88H,5-42H2,1-4H3,(H,66,80)(H,67,81)(H,68,76)(H,69,77)(H,70,78)(H,90,91)/t46?,47?,48?,49?,50-,51-,52-,56-,57-,58-,59+,60+,61+,62?,63?,64?/m1/s1. The minimum atomic E-state index is -4.03. The molecule has 30 nitrogen and oxygen atoms in total. The van der Waals surface area contributed by atoms with Crippen LogP contribution < -0.4 is 26.6 Å². The topological polar surface area (TPSA) is 463 Å². The molecule has 0 aliphatic heterocycles. The summed E-state index contributed by atoms with van der Waals surface area (Å²) in [5.74, 6) is -4.01. The van der Waals surface area contributed by atoms with Crippen LogP contribution in [0.4, 0.5) is 0 Å². The van der Waals surface area contributed by atoms with Gasteiger partial charge in [0.25, 0.3) is 5.91 Å². The van der Waals surface area contributed by atoms with E-state index in [2.05, 4.69) is 26.6 Å². The Hall–Kier alpha value is -4.08. The molecule has 0 saturated heterocycles. The van der Waals surface area contributed by atoms with Crippen LogP contribution in [0.15, 0.2) is 0 Å². The molecule has 0 radical (unpaired) electrons. The number of hydrogen-bond donors (Lipinski definition) is 16. The molecule has 0 spiro atoms. The van der Waals surface area contributed by atoms with Gasteiger partial charge in [-0.2, -0.15) is 0 Å². The SMILES string of the molecule is CC(=O)N[C@H]1C(O)[C@@H](O)C(CO)C[C@H]1OCCCCCCCC(=O)NCCCN(CCCCN(CCCNC(=O)CCCCCCCO[C@@H]1CC(CO)[C@H](O)C(O)[C@@H]1NC(C)=O)C(=O)C(O)COP(C)(=O)O)C(=O)CCCCCCCO[C@@H]1CC(CO)[C@H](O)C(O)[C@@H]1NC(C)=O. The number of carbonyl (C=O) groups excluding carboxylic acids is 7. The third-order valence-electron chi connectivity index (χ3n) is 18.2. The summed E-state index contributed by atoms with van der Waals surface area (Å²) in [7, 11) is -4.03. The summed E-state index contributed by atoms with van der Waals surface area (Å²) in [5, 5.41) is 117. The van der Waals surface area contributed by atoms with Crippen molar-refractivity contribution in [2.75, 3.05) is 92.2 Å². The predicted molar refractivity (Wildman–Crippen MR) is 352 cm³/mol. The highest BCUT2D eigenvalue weighted by atomic mass is 31.2. The van der Waals surface area contributed by atoms with Crippen molar-refractivity contribution in [1.29, 1.82) is 0 Å². The lowest BCUT2D eigenvalue weighted by molar-refractivity contribution is -0.142. The first-order valence-corrected chi connectivity index (χ1v) is 37.1. The first-order valence-electron chi connectivity index (χ1n) is 35.0. The first kappa shape index (κ1) is 86.1. The number of ether oxygens (including phenoxy) is 3. The zero-order chi connectivity index (χ0) is 71.2. The Bertz CT molecular complexity index is 2300. The zero-order valence-corrected chi connectivity index (χ0v) is 58.2. The fraction of sp³-hybridized carbons (Fsp3) is 0.892. The van der Waals surface area contributed by atoms with Gasteiger partial charge in [0.05, 0.1) is 61.4 Å². The van der Waals surface area contributed by atoms with Crippen LogP contribution >= 0.6 is 7.60 Å². The Morgan fingerprint density at radius 2 is 0.760 bits per heavy atom. The number of carbonyl (C=O) groups is 7. The van der Waals surface area contributed by atoms with Crippen molar-refractivity contribution < 1.29 is 113 Å². The molecule has 3 aliphatic carbocycles. The number of nitrogens with one attached hydrogen (secondary N) is 5. The van der Waals surface area contributed by atoms with Crippen molar-refractivity contribution in [1.82, 2.24) is 36.4 Å². The second-order valence-corrected chi connectivity index (χ2v) is 28.2. The van der Waals surface area contributed by atoms with E-state index in [4.69, 9.17) is 18.7 Å². The molecule has 96 heavy (non-hydrogen) atoms. The molecule has 3 rings (SSSR count). The number of unbranched alkanes of at least 4 members (excludes halogenated alkanes) is 13. The Kier molecular flexibility index (Phi) is 43.0. The zero-order valence-electron chi connectivity index (χ0n) is 57.3. The van der Waals surface area contributed by atoms with Gasteiger partial charge in [-0.05, 0) is 83.5 Å². The minimum Gasteiger partial charge on any atom is -0.396 e. The average molecular weight is 1400 g/mol. The molecular weight excluding hydrogens is 1280 g/mol. The van der Waals surface area contributed by atoms with E-state index in [1.54, 1.807) is 4.90 Å². The van der Waals surface area contributed by atoms with Crippen molar-refractivity contribution in [2.24, 2.45) is 17.8 Å². The Morgan fingerprint density at radius 1 is 0.448 bits per heavy atom. The summed E-state index contributed by atoms with van der Waals surface area (Å²) in [5.41, 5.74) is 0. The number of aliphatic hydroxyl groups excluding tert-OH is 10. The molecular formula is C65H120N7O23P. The molecule has 16 N–H and O–H groups in total. The molecule has 3 aliphatic rings. The molecule has 3 saturated carbocycles. The maximum Gasteiger partial charge on any atom is 0.325 e. The van der Waals surface area contributed by atoms with Gasteiger partial charge in [-0.3, -0.25) is 38.1 Å².